The summed E-state index contributed by atoms with van der Waals surface area (Å²) in [5, 5.41) is 0.576. The van der Waals surface area contributed by atoms with Crippen LogP contribution in [0.4, 0.5) is 0 Å². The number of hydrogen-bond donors (Lipinski definition) is 2. The van der Waals surface area contributed by atoms with Crippen molar-refractivity contribution < 1.29 is 13.3 Å². The van der Waals surface area contributed by atoms with Gasteiger partial charge in [-0.1, -0.05) is 30.3 Å². The van der Waals surface area contributed by atoms with Crippen molar-refractivity contribution in [2.45, 2.75) is 17.9 Å². The molecule has 1 saturated heterocycles. The second-order valence-electron chi connectivity index (χ2n) is 7.07. The van der Waals surface area contributed by atoms with Crippen molar-refractivity contribution in [3.8, 4) is 0 Å². The number of quaternary nitrogens is 1. The summed E-state index contributed by atoms with van der Waals surface area (Å²) in [7, 11) is -3.46. The topological polar surface area (TPSA) is 87.6 Å². The number of rotatable bonds is 4. The number of nitrogens with one attached hydrogen (secondary N) is 2. The molecule has 2 N–H and O–H groups in total. The summed E-state index contributed by atoms with van der Waals surface area (Å²) in [4.78, 5) is 21.4. The molecule has 0 radical (unpaired) electrons. The van der Waals surface area contributed by atoms with E-state index in [0.29, 0.717) is 47.8 Å². The minimum Gasteiger partial charge on any atom is -0.324 e. The second-order valence-corrected chi connectivity index (χ2v) is 9.00. The number of para-hydroxylation sites is 1. The van der Waals surface area contributed by atoms with Crippen molar-refractivity contribution in [2.24, 2.45) is 0 Å². The Hall–Kier alpha value is -2.55. The Labute approximate surface area is 163 Å². The first-order valence-electron chi connectivity index (χ1n) is 9.35. The molecule has 4 rings (SSSR count). The lowest BCUT2D eigenvalue weighted by atomic mass is 10.2. The molecule has 0 saturated carbocycles. The highest BCUT2D eigenvalue weighted by atomic mass is 32.2. The van der Waals surface area contributed by atoms with Gasteiger partial charge >= 0.3 is 0 Å². The Morgan fingerprint density at radius 1 is 1.04 bits per heavy atom. The molecular weight excluding hydrogens is 376 g/mol. The summed E-state index contributed by atoms with van der Waals surface area (Å²) in [6.45, 7) is 4.21. The van der Waals surface area contributed by atoms with E-state index in [-0.39, 0.29) is 11.6 Å². The third-order valence-corrected chi connectivity index (χ3v) is 7.31. The summed E-state index contributed by atoms with van der Waals surface area (Å²) in [6.07, 6.45) is 0. The first-order valence-corrected chi connectivity index (χ1v) is 10.8. The first-order chi connectivity index (χ1) is 13.5. The summed E-state index contributed by atoms with van der Waals surface area (Å²) >= 11 is 0. The molecule has 0 amide bonds. The quantitative estimate of drug-likeness (QED) is 0.672. The van der Waals surface area contributed by atoms with Crippen LogP contribution in [0.3, 0.4) is 0 Å². The fourth-order valence-corrected chi connectivity index (χ4v) is 5.15. The molecule has 0 spiro atoms. The number of sulfonamides is 1. The van der Waals surface area contributed by atoms with E-state index < -0.39 is 10.0 Å². The highest BCUT2D eigenvalue weighted by Gasteiger charge is 2.33. The Morgan fingerprint density at radius 3 is 2.39 bits per heavy atom. The van der Waals surface area contributed by atoms with Crippen LogP contribution in [0.15, 0.2) is 64.3 Å². The molecule has 1 atom stereocenters. The number of aromatic amines is 1. The Morgan fingerprint density at radius 2 is 1.68 bits per heavy atom. The maximum Gasteiger partial charge on any atom is 0.258 e. The highest BCUT2D eigenvalue weighted by Crippen LogP contribution is 2.15. The SMILES string of the molecule is C[C@@H](c1nc2ccccc2c(=O)[nH]1)[NH+]1CCN(S(=O)(=O)c2ccccc2)CC1. The minimum absolute atomic E-state index is 0.0288. The van der Waals surface area contributed by atoms with Gasteiger partial charge in [0.2, 0.25) is 10.0 Å². The van der Waals surface area contributed by atoms with Gasteiger partial charge < -0.3 is 9.88 Å². The predicted octanol–water partition coefficient (Wildman–Crippen LogP) is 0.574. The summed E-state index contributed by atoms with van der Waals surface area (Å²) in [6, 6.07) is 15.8. The summed E-state index contributed by atoms with van der Waals surface area (Å²) in [5.41, 5.74) is 0.537. The van der Waals surface area contributed by atoms with Crippen LogP contribution in [0.5, 0.6) is 0 Å². The van der Waals surface area contributed by atoms with E-state index in [4.69, 9.17) is 0 Å². The number of H-pyrrole nitrogens is 1. The van der Waals surface area contributed by atoms with E-state index in [1.807, 2.05) is 25.1 Å². The maximum atomic E-state index is 12.8. The van der Waals surface area contributed by atoms with E-state index >= 15 is 0 Å². The van der Waals surface area contributed by atoms with Crippen LogP contribution in [0, 0.1) is 0 Å². The van der Waals surface area contributed by atoms with E-state index in [1.165, 1.54) is 9.21 Å². The number of nitrogens with zero attached hydrogens (tertiary/aromatic N) is 2. The number of fused-ring (bicyclic) bond motifs is 1. The lowest BCUT2D eigenvalue weighted by molar-refractivity contribution is -0.933. The minimum atomic E-state index is -3.46. The van der Waals surface area contributed by atoms with Gasteiger partial charge in [-0.15, -0.1) is 0 Å². The standard InChI is InChI=1S/C20H22N4O3S/c1-15(19-21-18-10-6-5-9-17(18)20(25)22-19)23-11-13-24(14-12-23)28(26,27)16-7-3-2-4-8-16/h2-10,15H,11-14H2,1H3,(H,21,22,25)/p+1/t15-/m0/s1. The van der Waals surface area contributed by atoms with Gasteiger partial charge in [-0.05, 0) is 31.2 Å². The Kier molecular flexibility index (Phi) is 5.01. The van der Waals surface area contributed by atoms with Gasteiger partial charge in [-0.2, -0.15) is 4.31 Å². The molecule has 1 fully saturated rings. The molecule has 146 valence electrons. The zero-order valence-corrected chi connectivity index (χ0v) is 16.4. The van der Waals surface area contributed by atoms with Crippen molar-refractivity contribution in [3.05, 3.63) is 70.8 Å². The van der Waals surface area contributed by atoms with Crippen LogP contribution in [-0.2, 0) is 10.0 Å². The fraction of sp³-hybridized carbons (Fsp3) is 0.300. The third-order valence-electron chi connectivity index (χ3n) is 5.40. The lowest BCUT2D eigenvalue weighted by Crippen LogP contribution is -3.14. The van der Waals surface area contributed by atoms with Gasteiger partial charge in [-0.3, -0.25) is 4.79 Å². The molecule has 28 heavy (non-hydrogen) atoms. The molecule has 1 aliphatic rings. The number of piperazine rings is 1. The van der Waals surface area contributed by atoms with E-state index in [1.54, 1.807) is 36.4 Å². The molecule has 0 unspecified atom stereocenters. The zero-order chi connectivity index (χ0) is 19.7. The molecule has 8 heteroatoms. The molecule has 1 aromatic heterocycles. The largest absolute Gasteiger partial charge is 0.324 e. The number of benzene rings is 2. The summed E-state index contributed by atoms with van der Waals surface area (Å²) < 4.78 is 27.1. The predicted molar refractivity (Wildman–Crippen MR) is 107 cm³/mol. The van der Waals surface area contributed by atoms with Crippen molar-refractivity contribution in [3.63, 3.8) is 0 Å². The van der Waals surface area contributed by atoms with Gasteiger partial charge in [0.15, 0.2) is 5.82 Å². The average Bonchev–Trinajstić information content (AvgIpc) is 2.74. The monoisotopic (exact) mass is 399 g/mol. The van der Waals surface area contributed by atoms with E-state index in [0.717, 1.165) is 0 Å². The lowest BCUT2D eigenvalue weighted by Gasteiger charge is -2.34. The molecule has 0 bridgehead atoms. The molecule has 2 heterocycles. The van der Waals surface area contributed by atoms with Crippen molar-refractivity contribution in [1.82, 2.24) is 14.3 Å². The van der Waals surface area contributed by atoms with Gasteiger partial charge in [0.1, 0.15) is 6.04 Å². The van der Waals surface area contributed by atoms with Gasteiger partial charge in [-0.25, -0.2) is 13.4 Å². The first kappa shape index (κ1) is 18.8. The van der Waals surface area contributed by atoms with Crippen LogP contribution >= 0.6 is 0 Å². The smallest absolute Gasteiger partial charge is 0.258 e. The highest BCUT2D eigenvalue weighted by molar-refractivity contribution is 7.89. The fourth-order valence-electron chi connectivity index (χ4n) is 3.69. The number of hydrogen-bond acceptors (Lipinski definition) is 4. The van der Waals surface area contributed by atoms with Crippen LogP contribution in [0.2, 0.25) is 0 Å². The van der Waals surface area contributed by atoms with Crippen LogP contribution in [-0.4, -0.2) is 48.9 Å². The van der Waals surface area contributed by atoms with Crippen LogP contribution < -0.4 is 10.5 Å². The normalized spacial score (nSPS) is 17.6. The molecular formula is C20H23N4O3S+. The second kappa shape index (κ2) is 7.46. The van der Waals surface area contributed by atoms with Gasteiger partial charge in [0.25, 0.3) is 5.56 Å². The number of aromatic nitrogens is 2. The van der Waals surface area contributed by atoms with Crippen molar-refractivity contribution in [2.75, 3.05) is 26.2 Å². The molecule has 1 aliphatic heterocycles. The Bertz CT molecular complexity index is 1140. The third kappa shape index (κ3) is 3.46. The molecule has 2 aromatic carbocycles. The van der Waals surface area contributed by atoms with Crippen LogP contribution in [0.25, 0.3) is 10.9 Å². The molecule has 7 nitrogen and oxygen atoms in total. The van der Waals surface area contributed by atoms with Gasteiger partial charge in [0.05, 0.1) is 42.0 Å². The van der Waals surface area contributed by atoms with E-state index in [2.05, 4.69) is 9.97 Å². The zero-order valence-electron chi connectivity index (χ0n) is 15.6. The molecule has 0 aliphatic carbocycles. The average molecular weight is 399 g/mol. The Balaban J connectivity index is 1.50. The van der Waals surface area contributed by atoms with Crippen LogP contribution in [0.1, 0.15) is 18.8 Å². The maximum absolute atomic E-state index is 12.8. The molecule has 3 aromatic rings. The van der Waals surface area contributed by atoms with Crippen molar-refractivity contribution >= 4 is 20.9 Å². The summed E-state index contributed by atoms with van der Waals surface area (Å²) in [5.74, 6) is 0.637. The van der Waals surface area contributed by atoms with E-state index in [9.17, 15) is 13.2 Å². The van der Waals surface area contributed by atoms with Gasteiger partial charge in [0, 0.05) is 0 Å². The van der Waals surface area contributed by atoms with Crippen molar-refractivity contribution in [1.29, 1.82) is 0 Å².